The second kappa shape index (κ2) is 4.77. The number of benzene rings is 1. The summed E-state index contributed by atoms with van der Waals surface area (Å²) in [5, 5.41) is 0. The quantitative estimate of drug-likeness (QED) is 0.487. The minimum atomic E-state index is -4.63. The molecule has 0 heterocycles. The lowest BCUT2D eigenvalue weighted by molar-refractivity contribution is -0.137. The average Bonchev–Trinajstić information content (AvgIpc) is 2.24. The average molecular weight is 264 g/mol. The largest absolute Gasteiger partial charge is 0.423 e. The van der Waals surface area contributed by atoms with Crippen molar-refractivity contribution in [2.45, 2.75) is 12.4 Å². The van der Waals surface area contributed by atoms with Crippen molar-refractivity contribution in [3.05, 3.63) is 47.5 Å². The number of hydrogen-bond acceptors (Lipinski definition) is 0. The van der Waals surface area contributed by atoms with Crippen LogP contribution in [0.1, 0.15) is 11.1 Å². The monoisotopic (exact) mass is 264 g/mol. The zero-order valence-electron chi connectivity index (χ0n) is 8.78. The smallest absolute Gasteiger partial charge is 0.166 e. The Morgan fingerprint density at radius 3 is 1.83 bits per heavy atom. The van der Waals surface area contributed by atoms with Gasteiger partial charge >= 0.3 is 12.4 Å². The van der Waals surface area contributed by atoms with Gasteiger partial charge in [0.15, 0.2) is 0 Å². The fourth-order valence-corrected chi connectivity index (χ4v) is 0.961. The van der Waals surface area contributed by atoms with E-state index in [1.165, 1.54) is 0 Å². The highest BCUT2D eigenvalue weighted by atomic mass is 19.4. The molecule has 6 heteroatoms. The third kappa shape index (κ3) is 3.84. The summed E-state index contributed by atoms with van der Waals surface area (Å²) >= 11 is 0. The molecule has 0 aliphatic heterocycles. The van der Waals surface area contributed by atoms with Gasteiger partial charge in [0.1, 0.15) is 0 Å². The molecule has 0 nitrogen and oxygen atoms in total. The maximum Gasteiger partial charge on any atom is 0.423 e. The summed E-state index contributed by atoms with van der Waals surface area (Å²) in [5.41, 5.74) is -2.08. The zero-order valence-corrected chi connectivity index (χ0v) is 8.78. The summed E-state index contributed by atoms with van der Waals surface area (Å²) in [6.07, 6.45) is -9.11. The molecule has 1 aromatic carbocycles. The molecule has 0 aromatic heterocycles. The van der Waals surface area contributed by atoms with Crippen LogP contribution in [0.3, 0.4) is 0 Å². The molecule has 18 heavy (non-hydrogen) atoms. The van der Waals surface area contributed by atoms with E-state index in [4.69, 9.17) is 0 Å². The van der Waals surface area contributed by atoms with Crippen molar-refractivity contribution in [3.8, 4) is 11.8 Å². The molecule has 0 radical (unpaired) electrons. The first-order valence-electron chi connectivity index (χ1n) is 4.56. The van der Waals surface area contributed by atoms with E-state index in [0.717, 1.165) is 24.3 Å². The molecule has 0 saturated carbocycles. The van der Waals surface area contributed by atoms with Crippen LogP contribution in [0.25, 0.3) is 0 Å². The predicted molar refractivity (Wildman–Crippen MR) is 53.5 cm³/mol. The standard InChI is InChI=1S/C12H6F6/c1-8(11(13,14)15)2-3-9-4-6-10(7-5-9)12(16,17)18/h4-7H,1H2. The van der Waals surface area contributed by atoms with Crippen LogP contribution in [-0.2, 0) is 6.18 Å². The zero-order chi connectivity index (χ0) is 14.0. The summed E-state index contributed by atoms with van der Waals surface area (Å²) in [5.74, 6) is 3.84. The number of allylic oxidation sites excluding steroid dienone is 1. The molecule has 0 spiro atoms. The van der Waals surface area contributed by atoms with E-state index >= 15 is 0 Å². The molecule has 1 aromatic rings. The van der Waals surface area contributed by atoms with Crippen LogP contribution in [-0.4, -0.2) is 6.18 Å². The fraction of sp³-hybridized carbons (Fsp3) is 0.167. The molecular weight excluding hydrogens is 258 g/mol. The van der Waals surface area contributed by atoms with Crippen molar-refractivity contribution in [1.82, 2.24) is 0 Å². The first kappa shape index (κ1) is 14.2. The Bertz CT molecular complexity index is 493. The van der Waals surface area contributed by atoms with Crippen molar-refractivity contribution in [2.24, 2.45) is 0 Å². The van der Waals surface area contributed by atoms with Crippen LogP contribution >= 0.6 is 0 Å². The predicted octanol–water partition coefficient (Wildman–Crippen LogP) is 4.18. The van der Waals surface area contributed by atoms with Gasteiger partial charge in [-0.1, -0.05) is 18.4 Å². The van der Waals surface area contributed by atoms with Gasteiger partial charge < -0.3 is 0 Å². The maximum absolute atomic E-state index is 12.2. The second-order valence-electron chi connectivity index (χ2n) is 3.30. The molecule has 0 aliphatic carbocycles. The maximum atomic E-state index is 12.2. The number of rotatable bonds is 0. The van der Waals surface area contributed by atoms with Gasteiger partial charge in [0, 0.05) is 5.56 Å². The Morgan fingerprint density at radius 1 is 0.944 bits per heavy atom. The second-order valence-corrected chi connectivity index (χ2v) is 3.30. The molecule has 0 bridgehead atoms. The lowest BCUT2D eigenvalue weighted by Gasteiger charge is -2.05. The Hall–Kier alpha value is -1.90. The van der Waals surface area contributed by atoms with Gasteiger partial charge in [-0.2, -0.15) is 26.3 Å². The van der Waals surface area contributed by atoms with Crippen LogP contribution in [0.4, 0.5) is 26.3 Å². The topological polar surface area (TPSA) is 0 Å². The first-order valence-corrected chi connectivity index (χ1v) is 4.56. The van der Waals surface area contributed by atoms with E-state index < -0.39 is 23.5 Å². The number of alkyl halides is 6. The van der Waals surface area contributed by atoms with E-state index in [1.807, 2.05) is 0 Å². The molecule has 0 fully saturated rings. The Kier molecular flexibility index (Phi) is 3.75. The Labute approximate surface area is 98.9 Å². The molecular formula is C12H6F6. The molecule has 1 rings (SSSR count). The van der Waals surface area contributed by atoms with Gasteiger partial charge in [0.2, 0.25) is 0 Å². The summed E-state index contributed by atoms with van der Waals surface area (Å²) in [7, 11) is 0. The van der Waals surface area contributed by atoms with Crippen LogP contribution in [0.15, 0.2) is 36.4 Å². The van der Waals surface area contributed by atoms with Crippen LogP contribution in [0.5, 0.6) is 0 Å². The Morgan fingerprint density at radius 2 is 1.44 bits per heavy atom. The minimum absolute atomic E-state index is 0.0494. The van der Waals surface area contributed by atoms with Crippen molar-refractivity contribution in [1.29, 1.82) is 0 Å². The summed E-state index contributed by atoms with van der Waals surface area (Å²) < 4.78 is 72.6. The SMILES string of the molecule is C=C(C#Cc1ccc(C(F)(F)F)cc1)C(F)(F)F. The summed E-state index contributed by atoms with van der Waals surface area (Å²) in [6, 6.07) is 3.50. The van der Waals surface area contributed by atoms with Gasteiger partial charge in [-0.05, 0) is 24.3 Å². The van der Waals surface area contributed by atoms with Crippen molar-refractivity contribution >= 4 is 0 Å². The molecule has 0 N–H and O–H groups in total. The van der Waals surface area contributed by atoms with E-state index in [1.54, 1.807) is 5.92 Å². The highest BCUT2D eigenvalue weighted by molar-refractivity contribution is 5.42. The highest BCUT2D eigenvalue weighted by Crippen LogP contribution is 2.29. The molecule has 0 atom stereocenters. The van der Waals surface area contributed by atoms with E-state index in [-0.39, 0.29) is 5.56 Å². The van der Waals surface area contributed by atoms with Crippen molar-refractivity contribution < 1.29 is 26.3 Å². The lowest BCUT2D eigenvalue weighted by Crippen LogP contribution is -2.08. The lowest BCUT2D eigenvalue weighted by atomic mass is 10.1. The summed E-state index contributed by atoms with van der Waals surface area (Å²) in [4.78, 5) is 0. The van der Waals surface area contributed by atoms with E-state index in [9.17, 15) is 26.3 Å². The van der Waals surface area contributed by atoms with Crippen LogP contribution in [0, 0.1) is 11.8 Å². The molecule has 0 aliphatic rings. The highest BCUT2D eigenvalue weighted by Gasteiger charge is 2.31. The van der Waals surface area contributed by atoms with Crippen molar-refractivity contribution in [3.63, 3.8) is 0 Å². The summed E-state index contributed by atoms with van der Waals surface area (Å²) in [6.45, 7) is 2.72. The van der Waals surface area contributed by atoms with E-state index in [2.05, 4.69) is 12.5 Å². The molecule has 96 valence electrons. The van der Waals surface area contributed by atoms with Gasteiger partial charge in [0.05, 0.1) is 11.1 Å². The Balaban J connectivity index is 2.89. The van der Waals surface area contributed by atoms with Crippen LogP contribution < -0.4 is 0 Å². The fourth-order valence-electron chi connectivity index (χ4n) is 0.961. The normalized spacial score (nSPS) is 11.7. The third-order valence-electron chi connectivity index (χ3n) is 1.91. The number of halogens is 6. The van der Waals surface area contributed by atoms with Gasteiger partial charge in [-0.15, -0.1) is 0 Å². The number of hydrogen-bond donors (Lipinski definition) is 0. The van der Waals surface area contributed by atoms with Crippen molar-refractivity contribution in [2.75, 3.05) is 0 Å². The molecule has 0 saturated heterocycles. The van der Waals surface area contributed by atoms with Gasteiger partial charge in [-0.3, -0.25) is 0 Å². The minimum Gasteiger partial charge on any atom is -0.166 e. The third-order valence-corrected chi connectivity index (χ3v) is 1.91. The molecule has 0 amide bonds. The van der Waals surface area contributed by atoms with Gasteiger partial charge in [0.25, 0.3) is 0 Å². The van der Waals surface area contributed by atoms with Gasteiger partial charge in [-0.25, -0.2) is 0 Å². The van der Waals surface area contributed by atoms with E-state index in [0.29, 0.717) is 0 Å². The first-order chi connectivity index (χ1) is 8.10. The molecule has 0 unspecified atom stereocenters. The van der Waals surface area contributed by atoms with Crippen LogP contribution in [0.2, 0.25) is 0 Å².